The smallest absolute Gasteiger partial charge is 0.332 e. The van der Waals surface area contributed by atoms with Gasteiger partial charge in [0.25, 0.3) is 0 Å². The fraction of sp³-hybridized carbons (Fsp3) is 0.667. The fourth-order valence-electron chi connectivity index (χ4n) is 1.94. The van der Waals surface area contributed by atoms with E-state index in [1.165, 1.54) is 0 Å². The predicted molar refractivity (Wildman–Crippen MR) is 95.7 cm³/mol. The van der Waals surface area contributed by atoms with Gasteiger partial charge in [0, 0.05) is 13.2 Å². The summed E-state index contributed by atoms with van der Waals surface area (Å²) in [4.78, 5) is 46.3. The van der Waals surface area contributed by atoms with Crippen molar-refractivity contribution < 1.29 is 48.3 Å². The van der Waals surface area contributed by atoms with Gasteiger partial charge in [-0.1, -0.05) is 13.8 Å². The van der Waals surface area contributed by atoms with Crippen molar-refractivity contribution in [3.63, 3.8) is 0 Å². The average Bonchev–Trinajstić information content (AvgIpc) is 2.63. The van der Waals surface area contributed by atoms with E-state index >= 15 is 0 Å². The zero-order valence-electron chi connectivity index (χ0n) is 16.2. The highest BCUT2D eigenvalue weighted by molar-refractivity contribution is 6.04. The Balaban J connectivity index is 4.82. The summed E-state index contributed by atoms with van der Waals surface area (Å²) in [5.41, 5.74) is -1.46. The summed E-state index contributed by atoms with van der Waals surface area (Å²) < 4.78 is 19.9. The highest BCUT2D eigenvalue weighted by Crippen LogP contribution is 2.16. The lowest BCUT2D eigenvalue weighted by molar-refractivity contribution is -0.147. The first-order valence-corrected chi connectivity index (χ1v) is 8.98. The maximum absolute atomic E-state index is 11.8. The van der Waals surface area contributed by atoms with Crippen molar-refractivity contribution in [3.05, 3.63) is 11.1 Å². The van der Waals surface area contributed by atoms with Gasteiger partial charge in [0.15, 0.2) is 0 Å². The normalized spacial score (nSPS) is 11.5. The van der Waals surface area contributed by atoms with E-state index in [-0.39, 0.29) is 26.4 Å². The standard InChI is InChI=1S/C18H28O10/c1-3-5-25-7-9-27-15(19)11-13(17(21)22)14(18(23)24)12-16(20)28-10-8-26-6-4-2/h3-12H2,1-2H3,(H,21,22)(H,23,24). The van der Waals surface area contributed by atoms with Crippen molar-refractivity contribution in [2.75, 3.05) is 39.6 Å². The molecule has 0 radical (unpaired) electrons. The number of carboxylic acids is 2. The van der Waals surface area contributed by atoms with E-state index in [2.05, 4.69) is 0 Å². The Hall–Kier alpha value is -2.46. The molecule has 0 amide bonds. The van der Waals surface area contributed by atoms with E-state index < -0.39 is 47.9 Å². The van der Waals surface area contributed by atoms with Crippen LogP contribution in [0.15, 0.2) is 11.1 Å². The van der Waals surface area contributed by atoms with Crippen molar-refractivity contribution in [2.24, 2.45) is 0 Å². The van der Waals surface area contributed by atoms with Crippen molar-refractivity contribution in [2.45, 2.75) is 39.5 Å². The van der Waals surface area contributed by atoms with Crippen LogP contribution in [0.2, 0.25) is 0 Å². The largest absolute Gasteiger partial charge is 0.478 e. The third kappa shape index (κ3) is 12.0. The monoisotopic (exact) mass is 404 g/mol. The first kappa shape index (κ1) is 25.5. The summed E-state index contributed by atoms with van der Waals surface area (Å²) in [6, 6.07) is 0. The van der Waals surface area contributed by atoms with Crippen molar-refractivity contribution in [3.8, 4) is 0 Å². The minimum atomic E-state index is -1.63. The summed E-state index contributed by atoms with van der Waals surface area (Å²) >= 11 is 0. The maximum Gasteiger partial charge on any atom is 0.332 e. The van der Waals surface area contributed by atoms with E-state index in [1.807, 2.05) is 13.8 Å². The zero-order chi connectivity index (χ0) is 21.4. The summed E-state index contributed by atoms with van der Waals surface area (Å²) in [6.07, 6.45) is 0.000560. The van der Waals surface area contributed by atoms with Crippen LogP contribution in [0, 0.1) is 0 Å². The summed E-state index contributed by atoms with van der Waals surface area (Å²) in [5, 5.41) is 18.5. The molecular weight excluding hydrogens is 376 g/mol. The van der Waals surface area contributed by atoms with Gasteiger partial charge in [-0.3, -0.25) is 9.59 Å². The lowest BCUT2D eigenvalue weighted by atomic mass is 10.0. The van der Waals surface area contributed by atoms with E-state index in [4.69, 9.17) is 18.9 Å². The molecule has 0 aromatic rings. The number of carbonyl (C=O) groups excluding carboxylic acids is 2. The van der Waals surface area contributed by atoms with Crippen LogP contribution in [0.3, 0.4) is 0 Å². The van der Waals surface area contributed by atoms with Crippen molar-refractivity contribution in [1.29, 1.82) is 0 Å². The highest BCUT2D eigenvalue weighted by Gasteiger charge is 2.26. The van der Waals surface area contributed by atoms with Gasteiger partial charge in [-0.25, -0.2) is 9.59 Å². The predicted octanol–water partition coefficient (Wildman–Crippen LogP) is 1.17. The Labute approximate surface area is 163 Å². The minimum absolute atomic E-state index is 0.0893. The van der Waals surface area contributed by atoms with Crippen LogP contribution in [0.25, 0.3) is 0 Å². The molecule has 0 aliphatic carbocycles. The summed E-state index contributed by atoms with van der Waals surface area (Å²) in [6.45, 7) is 4.91. The van der Waals surface area contributed by atoms with Gasteiger partial charge in [-0.05, 0) is 12.8 Å². The van der Waals surface area contributed by atoms with Crippen LogP contribution in [-0.4, -0.2) is 73.7 Å². The highest BCUT2D eigenvalue weighted by atomic mass is 16.6. The van der Waals surface area contributed by atoms with Gasteiger partial charge in [-0.2, -0.15) is 0 Å². The molecule has 2 N–H and O–H groups in total. The molecule has 0 saturated heterocycles. The molecule has 10 heteroatoms. The van der Waals surface area contributed by atoms with Crippen LogP contribution in [0.1, 0.15) is 39.5 Å². The van der Waals surface area contributed by atoms with E-state index in [9.17, 15) is 29.4 Å². The first-order valence-electron chi connectivity index (χ1n) is 8.98. The Kier molecular flexibility index (Phi) is 14.2. The van der Waals surface area contributed by atoms with Gasteiger partial charge in [-0.15, -0.1) is 0 Å². The van der Waals surface area contributed by atoms with Crippen molar-refractivity contribution in [1.82, 2.24) is 0 Å². The topological polar surface area (TPSA) is 146 Å². The quantitative estimate of drug-likeness (QED) is 0.218. The fourth-order valence-corrected chi connectivity index (χ4v) is 1.94. The van der Waals surface area contributed by atoms with Gasteiger partial charge < -0.3 is 29.2 Å². The van der Waals surface area contributed by atoms with Gasteiger partial charge >= 0.3 is 23.9 Å². The van der Waals surface area contributed by atoms with E-state index in [1.54, 1.807) is 0 Å². The number of carboxylic acid groups (broad SMARTS) is 2. The molecule has 0 atom stereocenters. The average molecular weight is 404 g/mol. The Morgan fingerprint density at radius 2 is 0.964 bits per heavy atom. The molecule has 0 saturated carbocycles. The number of rotatable bonds is 16. The lowest BCUT2D eigenvalue weighted by Gasteiger charge is -2.10. The van der Waals surface area contributed by atoms with Gasteiger partial charge in [0.05, 0.1) is 37.2 Å². The SMILES string of the molecule is CCCOCCOC(=O)CC(C(=O)O)=C(CC(=O)OCCOCCC)C(=O)O. The lowest BCUT2D eigenvalue weighted by Crippen LogP contribution is -2.20. The molecule has 28 heavy (non-hydrogen) atoms. The number of hydrogen-bond donors (Lipinski definition) is 2. The molecule has 0 fully saturated rings. The van der Waals surface area contributed by atoms with Crippen LogP contribution in [0.4, 0.5) is 0 Å². The Morgan fingerprint density at radius 1 is 0.607 bits per heavy atom. The van der Waals surface area contributed by atoms with Gasteiger partial charge in [0.1, 0.15) is 13.2 Å². The Morgan fingerprint density at radius 3 is 1.25 bits per heavy atom. The second kappa shape index (κ2) is 15.6. The third-order valence-corrected chi connectivity index (χ3v) is 3.20. The molecule has 10 nitrogen and oxygen atoms in total. The molecular formula is C18H28O10. The number of esters is 2. The van der Waals surface area contributed by atoms with Crippen molar-refractivity contribution >= 4 is 23.9 Å². The molecule has 160 valence electrons. The van der Waals surface area contributed by atoms with Gasteiger partial charge in [0.2, 0.25) is 0 Å². The summed E-state index contributed by atoms with van der Waals surface area (Å²) in [5.74, 6) is -5.12. The molecule has 0 heterocycles. The molecule has 0 unspecified atom stereocenters. The molecule has 0 bridgehead atoms. The van der Waals surface area contributed by atoms with Crippen LogP contribution in [0.5, 0.6) is 0 Å². The molecule has 0 aliphatic rings. The molecule has 0 rings (SSSR count). The summed E-state index contributed by atoms with van der Waals surface area (Å²) in [7, 11) is 0. The van der Waals surface area contributed by atoms with Crippen LogP contribution < -0.4 is 0 Å². The van der Waals surface area contributed by atoms with Crippen LogP contribution >= 0.6 is 0 Å². The number of carbonyl (C=O) groups is 4. The minimum Gasteiger partial charge on any atom is -0.478 e. The Bertz CT molecular complexity index is 505. The number of aliphatic carboxylic acids is 2. The number of ether oxygens (including phenoxy) is 4. The van der Waals surface area contributed by atoms with Crippen LogP contribution in [-0.2, 0) is 38.1 Å². The molecule has 0 aliphatic heterocycles. The zero-order valence-corrected chi connectivity index (χ0v) is 16.2. The number of hydrogen-bond acceptors (Lipinski definition) is 8. The van der Waals surface area contributed by atoms with E-state index in [0.717, 1.165) is 12.8 Å². The maximum atomic E-state index is 11.8. The molecule has 0 spiro atoms. The van der Waals surface area contributed by atoms with E-state index in [0.29, 0.717) is 13.2 Å². The second-order valence-electron chi connectivity index (χ2n) is 5.59. The first-order chi connectivity index (χ1) is 13.3. The third-order valence-electron chi connectivity index (χ3n) is 3.20. The second-order valence-corrected chi connectivity index (χ2v) is 5.59. The molecule has 0 aromatic carbocycles. The molecule has 0 aromatic heterocycles.